The zero-order chi connectivity index (χ0) is 17.3. The lowest BCUT2D eigenvalue weighted by molar-refractivity contribution is -0.134. The van der Waals surface area contributed by atoms with Gasteiger partial charge in [0.15, 0.2) is 9.94 Å². The summed E-state index contributed by atoms with van der Waals surface area (Å²) in [7, 11) is 0. The third kappa shape index (κ3) is 3.27. The molecule has 6 nitrogen and oxygen atoms in total. The molecule has 0 spiro atoms. The number of hydrogen-bond acceptors (Lipinski definition) is 7. The van der Waals surface area contributed by atoms with Crippen LogP contribution in [0, 0.1) is 5.82 Å². The van der Waals surface area contributed by atoms with E-state index in [1.165, 1.54) is 48.2 Å². The maximum Gasteiger partial charge on any atom is 0.339 e. The van der Waals surface area contributed by atoms with Crippen molar-refractivity contribution in [1.82, 2.24) is 10.2 Å². The van der Waals surface area contributed by atoms with Gasteiger partial charge in [-0.15, -0.1) is 10.2 Å². The number of hydrogen-bond donors (Lipinski definition) is 1. The summed E-state index contributed by atoms with van der Waals surface area (Å²) in [4.78, 5) is 24.7. The second-order valence-electron chi connectivity index (χ2n) is 5.36. The van der Waals surface area contributed by atoms with E-state index in [9.17, 15) is 14.0 Å². The molecule has 0 fully saturated rings. The lowest BCUT2D eigenvalue weighted by Gasteiger charge is -2.32. The Balaban J connectivity index is 1.80. The average molecular weight is 367 g/mol. The van der Waals surface area contributed by atoms with E-state index in [2.05, 4.69) is 15.5 Å². The number of aromatic nitrogens is 2. The molecule has 2 aromatic rings. The lowest BCUT2D eigenvalue weighted by atomic mass is 9.89. The molecule has 3 rings (SSSR count). The molecule has 1 aromatic heterocycles. The van der Waals surface area contributed by atoms with E-state index in [0.29, 0.717) is 10.7 Å². The maximum atomic E-state index is 13.4. The Bertz CT molecular complexity index is 811. The number of carbonyl (C=O) groups is 2. The van der Waals surface area contributed by atoms with Gasteiger partial charge in [0.1, 0.15) is 5.82 Å². The quantitative estimate of drug-likeness (QED) is 0.508. The molecule has 0 saturated heterocycles. The minimum Gasteiger partial charge on any atom is -0.445 e. The molecule has 0 bridgehead atoms. The summed E-state index contributed by atoms with van der Waals surface area (Å²) in [6.45, 7) is 3.49. The molecule has 0 saturated carbocycles. The summed E-state index contributed by atoms with van der Waals surface area (Å²) in [5.41, 5.74) is -0.704. The highest BCUT2D eigenvalue weighted by atomic mass is 32.2. The third-order valence-corrected chi connectivity index (χ3v) is 5.36. The number of fused-ring (bicyclic) bond motifs is 1. The van der Waals surface area contributed by atoms with Crippen LogP contribution in [0.2, 0.25) is 0 Å². The second-order valence-corrected chi connectivity index (χ2v) is 7.85. The highest BCUT2D eigenvalue weighted by molar-refractivity contribution is 8.01. The van der Waals surface area contributed by atoms with Crippen LogP contribution in [-0.4, -0.2) is 33.4 Å². The molecular weight excluding hydrogens is 353 g/mol. The zero-order valence-corrected chi connectivity index (χ0v) is 14.6. The van der Waals surface area contributed by atoms with Crippen molar-refractivity contribution in [2.24, 2.45) is 0 Å². The Morgan fingerprint density at radius 2 is 2.29 bits per heavy atom. The molecule has 24 heavy (non-hydrogen) atoms. The lowest BCUT2D eigenvalue weighted by Crippen LogP contribution is -2.48. The van der Waals surface area contributed by atoms with Crippen LogP contribution in [0.4, 0.5) is 9.52 Å². The predicted molar refractivity (Wildman–Crippen MR) is 88.9 cm³/mol. The second kappa shape index (κ2) is 6.48. The number of anilines is 1. The number of ether oxygens (including phenoxy) is 1. The molecule has 1 atom stereocenters. The van der Waals surface area contributed by atoms with Gasteiger partial charge >= 0.3 is 5.97 Å². The van der Waals surface area contributed by atoms with Gasteiger partial charge in [0.25, 0.3) is 5.91 Å². The normalized spacial score (nSPS) is 19.5. The molecular formula is C15H14FN3O3S2. The first-order valence-electron chi connectivity index (χ1n) is 7.21. The van der Waals surface area contributed by atoms with Crippen LogP contribution in [0.3, 0.4) is 0 Å². The van der Waals surface area contributed by atoms with Gasteiger partial charge in [0, 0.05) is 6.42 Å². The monoisotopic (exact) mass is 367 g/mol. The molecule has 1 aliphatic heterocycles. The molecule has 0 aliphatic carbocycles. The van der Waals surface area contributed by atoms with Gasteiger partial charge in [0.05, 0.1) is 5.56 Å². The number of amides is 1. The Morgan fingerprint density at radius 3 is 3.04 bits per heavy atom. The van der Waals surface area contributed by atoms with Crippen molar-refractivity contribution in [1.29, 1.82) is 0 Å². The fourth-order valence-corrected chi connectivity index (χ4v) is 4.01. The van der Waals surface area contributed by atoms with Crippen LogP contribution >= 0.6 is 23.1 Å². The fraction of sp³-hybridized carbons (Fsp3) is 0.333. The summed E-state index contributed by atoms with van der Waals surface area (Å²) in [5.74, 6) is -0.778. The highest BCUT2D eigenvalue weighted by Gasteiger charge is 2.43. The number of rotatable bonds is 4. The molecule has 1 amide bonds. The van der Waals surface area contributed by atoms with Gasteiger partial charge in [0.2, 0.25) is 5.13 Å². The van der Waals surface area contributed by atoms with E-state index in [4.69, 9.17) is 4.74 Å². The molecule has 1 aliphatic rings. The largest absolute Gasteiger partial charge is 0.445 e. The van der Waals surface area contributed by atoms with Gasteiger partial charge in [-0.3, -0.25) is 10.1 Å². The third-order valence-electron chi connectivity index (χ3n) is 3.51. The van der Waals surface area contributed by atoms with Gasteiger partial charge in [-0.25, -0.2) is 9.18 Å². The van der Waals surface area contributed by atoms with Crippen molar-refractivity contribution >= 4 is 40.1 Å². The summed E-state index contributed by atoms with van der Waals surface area (Å²) in [5, 5.41) is 10.8. The van der Waals surface area contributed by atoms with Crippen LogP contribution in [0.15, 0.2) is 22.5 Å². The van der Waals surface area contributed by atoms with E-state index in [1.54, 1.807) is 0 Å². The van der Waals surface area contributed by atoms with Crippen LogP contribution in [0.25, 0.3) is 0 Å². The molecule has 1 unspecified atom stereocenters. The van der Waals surface area contributed by atoms with E-state index in [0.717, 1.165) is 10.1 Å². The van der Waals surface area contributed by atoms with Crippen molar-refractivity contribution in [3.05, 3.63) is 35.1 Å². The number of carbonyl (C=O) groups excluding carboxylic acids is 2. The molecule has 126 valence electrons. The Hall–Kier alpha value is -2.00. The average Bonchev–Trinajstić information content (AvgIpc) is 2.94. The molecule has 9 heteroatoms. The van der Waals surface area contributed by atoms with Crippen LogP contribution in [-0.2, 0) is 16.0 Å². The fourth-order valence-electron chi connectivity index (χ4n) is 2.36. The number of esters is 1. The van der Waals surface area contributed by atoms with E-state index in [1.807, 2.05) is 6.92 Å². The summed E-state index contributed by atoms with van der Waals surface area (Å²) < 4.78 is 19.5. The number of thioether (sulfide) groups is 1. The summed E-state index contributed by atoms with van der Waals surface area (Å²) in [6.07, 6.45) is 0.0903. The molecule has 0 radical (unpaired) electrons. The van der Waals surface area contributed by atoms with E-state index >= 15 is 0 Å². The van der Waals surface area contributed by atoms with E-state index < -0.39 is 23.3 Å². The summed E-state index contributed by atoms with van der Waals surface area (Å²) in [6, 6.07) is 3.81. The number of halogens is 1. The van der Waals surface area contributed by atoms with Gasteiger partial charge in [-0.05, 0) is 36.4 Å². The van der Waals surface area contributed by atoms with Crippen molar-refractivity contribution in [3.8, 4) is 0 Å². The standard InChI is InChI=1S/C15H14FN3O3S2/c1-3-23-14-19-18-13(24-14)17-12(21)15(2)7-8-6-9(16)4-5-10(8)11(20)22-15/h4-6H,3,7H2,1-2H3,(H,17,18,21). The number of benzene rings is 1. The number of cyclic esters (lactones) is 1. The van der Waals surface area contributed by atoms with Crippen LogP contribution in [0.5, 0.6) is 0 Å². The zero-order valence-electron chi connectivity index (χ0n) is 13.0. The highest BCUT2D eigenvalue weighted by Crippen LogP contribution is 2.31. The first-order chi connectivity index (χ1) is 11.4. The summed E-state index contributed by atoms with van der Waals surface area (Å²) >= 11 is 2.76. The van der Waals surface area contributed by atoms with Gasteiger partial charge < -0.3 is 4.74 Å². The van der Waals surface area contributed by atoms with Crippen molar-refractivity contribution < 1.29 is 18.7 Å². The van der Waals surface area contributed by atoms with Crippen LogP contribution < -0.4 is 5.32 Å². The van der Waals surface area contributed by atoms with Crippen LogP contribution in [0.1, 0.15) is 29.8 Å². The van der Waals surface area contributed by atoms with Crippen molar-refractivity contribution in [3.63, 3.8) is 0 Å². The first kappa shape index (κ1) is 16.8. The SMILES string of the molecule is CCSc1nnc(NC(=O)C2(C)Cc3cc(F)ccc3C(=O)O2)s1. The molecule has 1 N–H and O–H groups in total. The molecule has 1 aromatic carbocycles. The van der Waals surface area contributed by atoms with Crippen molar-refractivity contribution in [2.75, 3.05) is 11.1 Å². The Labute approximate surface area is 145 Å². The Morgan fingerprint density at radius 1 is 1.50 bits per heavy atom. The van der Waals surface area contributed by atoms with E-state index in [-0.39, 0.29) is 12.0 Å². The minimum atomic E-state index is -1.43. The number of nitrogens with one attached hydrogen (secondary N) is 1. The minimum absolute atomic E-state index is 0.0903. The smallest absolute Gasteiger partial charge is 0.339 e. The predicted octanol–water partition coefficient (Wildman–Crippen LogP) is 2.90. The topological polar surface area (TPSA) is 81.2 Å². The molecule has 2 heterocycles. The Kier molecular flexibility index (Phi) is 4.55. The van der Waals surface area contributed by atoms with Crippen molar-refractivity contribution in [2.45, 2.75) is 30.2 Å². The van der Waals surface area contributed by atoms with Gasteiger partial charge in [-0.1, -0.05) is 30.0 Å². The maximum absolute atomic E-state index is 13.4. The van der Waals surface area contributed by atoms with Gasteiger partial charge in [-0.2, -0.15) is 0 Å². The first-order valence-corrected chi connectivity index (χ1v) is 9.01. The number of nitrogens with zero attached hydrogens (tertiary/aromatic N) is 2.